The zero-order valence-electron chi connectivity index (χ0n) is 14.8. The van der Waals surface area contributed by atoms with Gasteiger partial charge < -0.3 is 15.4 Å². The second-order valence-corrected chi connectivity index (χ2v) is 6.93. The fourth-order valence-corrected chi connectivity index (χ4v) is 2.96. The van der Waals surface area contributed by atoms with Crippen LogP contribution in [0.15, 0.2) is 41.0 Å². The molecule has 11 heteroatoms. The minimum atomic E-state index is -0.575. The molecule has 0 saturated heterocycles. The van der Waals surface area contributed by atoms with E-state index in [1.807, 2.05) is 0 Å². The average Bonchev–Trinajstić information content (AvgIpc) is 3.18. The van der Waals surface area contributed by atoms with Crippen LogP contribution >= 0.6 is 15.9 Å². The van der Waals surface area contributed by atoms with Crippen molar-refractivity contribution in [3.05, 3.63) is 68.2 Å². The number of hydrogen-bond donors (Lipinski definition) is 1. The molecule has 1 aromatic carbocycles. The van der Waals surface area contributed by atoms with E-state index < -0.39 is 4.92 Å². The van der Waals surface area contributed by atoms with Gasteiger partial charge in [-0.15, -0.1) is 0 Å². The SMILES string of the molecule is Cc1cc([N+](=O)[O-])nn1CCC(=O)Nc1nn(Cc2ccc(F)cc2)cc1Br. The van der Waals surface area contributed by atoms with Gasteiger partial charge in [-0.2, -0.15) is 9.78 Å². The Kier molecular flexibility index (Phi) is 5.83. The molecule has 0 unspecified atom stereocenters. The predicted molar refractivity (Wildman–Crippen MR) is 102 cm³/mol. The van der Waals surface area contributed by atoms with Crippen molar-refractivity contribution in [2.75, 3.05) is 5.32 Å². The number of hydrogen-bond acceptors (Lipinski definition) is 5. The van der Waals surface area contributed by atoms with Gasteiger partial charge >= 0.3 is 5.82 Å². The standard InChI is InChI=1S/C17H16BrFN6O3/c1-11-8-15(25(27)28)21-24(11)7-6-16(26)20-17-14(18)10-23(22-17)9-12-2-4-13(19)5-3-12/h2-5,8,10H,6-7,9H2,1H3,(H,20,22,26). The molecule has 0 bridgehead atoms. The van der Waals surface area contributed by atoms with E-state index in [9.17, 15) is 19.3 Å². The molecule has 1 N–H and O–H groups in total. The summed E-state index contributed by atoms with van der Waals surface area (Å²) in [6, 6.07) is 7.42. The molecule has 3 rings (SSSR count). The highest BCUT2D eigenvalue weighted by Crippen LogP contribution is 2.21. The minimum Gasteiger partial charge on any atom is -0.358 e. The molecule has 0 saturated carbocycles. The highest BCUT2D eigenvalue weighted by molar-refractivity contribution is 9.10. The van der Waals surface area contributed by atoms with Crippen molar-refractivity contribution in [1.29, 1.82) is 0 Å². The van der Waals surface area contributed by atoms with Crippen molar-refractivity contribution in [2.45, 2.75) is 26.4 Å². The van der Waals surface area contributed by atoms with Crippen molar-refractivity contribution in [3.63, 3.8) is 0 Å². The lowest BCUT2D eigenvalue weighted by atomic mass is 10.2. The first-order valence-corrected chi connectivity index (χ1v) is 9.07. The monoisotopic (exact) mass is 450 g/mol. The smallest absolute Gasteiger partial charge is 0.358 e. The van der Waals surface area contributed by atoms with E-state index in [1.54, 1.807) is 29.9 Å². The number of rotatable bonds is 7. The van der Waals surface area contributed by atoms with E-state index >= 15 is 0 Å². The molecule has 0 atom stereocenters. The molecular formula is C17H16BrFN6O3. The second-order valence-electron chi connectivity index (χ2n) is 6.07. The Morgan fingerprint density at radius 2 is 2.04 bits per heavy atom. The summed E-state index contributed by atoms with van der Waals surface area (Å²) in [5, 5.41) is 21.6. The molecule has 3 aromatic rings. The van der Waals surface area contributed by atoms with Crippen LogP contribution in [0.2, 0.25) is 0 Å². The van der Waals surface area contributed by atoms with Crippen molar-refractivity contribution in [2.24, 2.45) is 0 Å². The third kappa shape index (κ3) is 4.80. The first-order chi connectivity index (χ1) is 13.3. The molecule has 0 aliphatic carbocycles. The molecule has 0 aliphatic heterocycles. The first-order valence-electron chi connectivity index (χ1n) is 8.28. The Labute approximate surface area is 167 Å². The summed E-state index contributed by atoms with van der Waals surface area (Å²) in [7, 11) is 0. The lowest BCUT2D eigenvalue weighted by Gasteiger charge is -2.03. The Balaban J connectivity index is 1.59. The molecule has 9 nitrogen and oxygen atoms in total. The van der Waals surface area contributed by atoms with Gasteiger partial charge in [-0.3, -0.25) is 9.48 Å². The van der Waals surface area contributed by atoms with E-state index in [-0.39, 0.29) is 30.5 Å². The molecule has 1 amide bonds. The molecule has 0 spiro atoms. The summed E-state index contributed by atoms with van der Waals surface area (Å²) < 4.78 is 16.6. The van der Waals surface area contributed by atoms with Gasteiger partial charge in [-0.25, -0.2) is 4.39 Å². The Morgan fingerprint density at radius 1 is 1.32 bits per heavy atom. The van der Waals surface area contributed by atoms with Crippen molar-refractivity contribution < 1.29 is 14.1 Å². The summed E-state index contributed by atoms with van der Waals surface area (Å²) in [6.07, 6.45) is 1.79. The normalized spacial score (nSPS) is 10.8. The van der Waals surface area contributed by atoms with E-state index in [2.05, 4.69) is 31.4 Å². The zero-order chi connectivity index (χ0) is 20.3. The van der Waals surface area contributed by atoms with Crippen LogP contribution in [0.1, 0.15) is 17.7 Å². The van der Waals surface area contributed by atoms with Crippen LogP contribution < -0.4 is 5.32 Å². The highest BCUT2D eigenvalue weighted by Gasteiger charge is 2.17. The summed E-state index contributed by atoms with van der Waals surface area (Å²) >= 11 is 3.35. The van der Waals surface area contributed by atoms with Gasteiger partial charge in [0.25, 0.3) is 0 Å². The van der Waals surface area contributed by atoms with Crippen LogP contribution in [0.3, 0.4) is 0 Å². The summed E-state index contributed by atoms with van der Waals surface area (Å²) in [4.78, 5) is 22.4. The maximum absolute atomic E-state index is 13.0. The van der Waals surface area contributed by atoms with Gasteiger partial charge in [-0.05, 0) is 45.5 Å². The van der Waals surface area contributed by atoms with Crippen LogP contribution in [0.5, 0.6) is 0 Å². The quantitative estimate of drug-likeness (QED) is 0.438. The Morgan fingerprint density at radius 3 is 2.68 bits per heavy atom. The molecule has 2 aromatic heterocycles. The zero-order valence-corrected chi connectivity index (χ0v) is 16.4. The van der Waals surface area contributed by atoms with Crippen LogP contribution in [-0.4, -0.2) is 30.4 Å². The largest absolute Gasteiger partial charge is 0.390 e. The maximum Gasteiger partial charge on any atom is 0.390 e. The van der Waals surface area contributed by atoms with Gasteiger partial charge in [0, 0.05) is 12.6 Å². The van der Waals surface area contributed by atoms with E-state index in [0.717, 1.165) is 5.56 Å². The molecule has 28 heavy (non-hydrogen) atoms. The molecule has 2 heterocycles. The summed E-state index contributed by atoms with van der Waals surface area (Å²) in [5.41, 5.74) is 1.47. The number of amides is 1. The fourth-order valence-electron chi connectivity index (χ4n) is 2.55. The van der Waals surface area contributed by atoms with E-state index in [0.29, 0.717) is 22.5 Å². The van der Waals surface area contributed by atoms with Gasteiger partial charge in [0.05, 0.1) is 34.4 Å². The lowest BCUT2D eigenvalue weighted by Crippen LogP contribution is -2.16. The topological polar surface area (TPSA) is 108 Å². The number of nitrogens with one attached hydrogen (secondary N) is 1. The van der Waals surface area contributed by atoms with Gasteiger partial charge in [-0.1, -0.05) is 12.1 Å². The predicted octanol–water partition coefficient (Wildman–Crippen LogP) is 3.27. The summed E-state index contributed by atoms with van der Waals surface area (Å²) in [5.74, 6) is -0.503. The maximum atomic E-state index is 13.0. The van der Waals surface area contributed by atoms with Crippen LogP contribution in [0, 0.1) is 22.9 Å². The first kappa shape index (κ1) is 19.7. The minimum absolute atomic E-state index is 0.0803. The number of aryl methyl sites for hydroxylation is 2. The molecule has 0 fully saturated rings. The molecular weight excluding hydrogens is 435 g/mol. The number of carbonyl (C=O) groups excluding carboxylic acids is 1. The highest BCUT2D eigenvalue weighted by atomic mass is 79.9. The van der Waals surface area contributed by atoms with Gasteiger partial charge in [0.15, 0.2) is 5.82 Å². The van der Waals surface area contributed by atoms with Crippen molar-refractivity contribution in [1.82, 2.24) is 19.6 Å². The number of anilines is 1. The lowest BCUT2D eigenvalue weighted by molar-refractivity contribution is -0.389. The van der Waals surface area contributed by atoms with Gasteiger partial charge in [0.2, 0.25) is 5.91 Å². The Bertz CT molecular complexity index is 1010. The number of aromatic nitrogens is 4. The third-order valence-electron chi connectivity index (χ3n) is 3.94. The van der Waals surface area contributed by atoms with Crippen LogP contribution in [0.25, 0.3) is 0 Å². The molecule has 0 aliphatic rings. The number of benzene rings is 1. The Hall–Kier alpha value is -3.08. The third-order valence-corrected chi connectivity index (χ3v) is 4.52. The average molecular weight is 451 g/mol. The number of nitrogens with zero attached hydrogens (tertiary/aromatic N) is 5. The van der Waals surface area contributed by atoms with E-state index in [1.165, 1.54) is 22.9 Å². The second kappa shape index (κ2) is 8.30. The number of nitro groups is 1. The van der Waals surface area contributed by atoms with E-state index in [4.69, 9.17) is 0 Å². The number of carbonyl (C=O) groups is 1. The van der Waals surface area contributed by atoms with Crippen molar-refractivity contribution in [3.8, 4) is 0 Å². The molecule has 0 radical (unpaired) electrons. The van der Waals surface area contributed by atoms with Crippen LogP contribution in [-0.2, 0) is 17.9 Å². The van der Waals surface area contributed by atoms with Crippen molar-refractivity contribution >= 4 is 33.5 Å². The van der Waals surface area contributed by atoms with Crippen LogP contribution in [0.4, 0.5) is 16.0 Å². The summed E-state index contributed by atoms with van der Waals surface area (Å²) in [6.45, 7) is 2.32. The van der Waals surface area contributed by atoms with Gasteiger partial charge in [0.1, 0.15) is 5.82 Å². The number of halogens is 2. The molecule has 146 valence electrons. The fraction of sp³-hybridized carbons (Fsp3) is 0.235.